The molecule has 0 atom stereocenters. The predicted molar refractivity (Wildman–Crippen MR) is 60.8 cm³/mol. The zero-order chi connectivity index (χ0) is 10.7. The molecule has 0 spiro atoms. The molecular formula is C10H12ClN3S. The van der Waals surface area contributed by atoms with Gasteiger partial charge < -0.3 is 0 Å². The van der Waals surface area contributed by atoms with Gasteiger partial charge >= 0.3 is 0 Å². The third-order valence-corrected chi connectivity index (χ3v) is 3.56. The summed E-state index contributed by atoms with van der Waals surface area (Å²) in [5, 5.41) is 8.58. The topological polar surface area (TPSA) is 39.9 Å². The van der Waals surface area contributed by atoms with Crippen LogP contribution in [0.2, 0.25) is 4.47 Å². The minimum Gasteiger partial charge on any atom is -0.294 e. The lowest BCUT2D eigenvalue weighted by Crippen LogP contribution is -2.26. The summed E-state index contributed by atoms with van der Waals surface area (Å²) in [6, 6.07) is 2.87. The van der Waals surface area contributed by atoms with Gasteiger partial charge in [-0.2, -0.15) is 5.26 Å². The summed E-state index contributed by atoms with van der Waals surface area (Å²) in [6.45, 7) is 1.74. The summed E-state index contributed by atoms with van der Waals surface area (Å²) in [5.41, 5.74) is 0. The van der Waals surface area contributed by atoms with Gasteiger partial charge in [0, 0.05) is 36.6 Å². The average molecular weight is 242 g/mol. The van der Waals surface area contributed by atoms with Gasteiger partial charge in [-0.1, -0.05) is 11.6 Å². The van der Waals surface area contributed by atoms with Crippen LogP contribution in [0.4, 0.5) is 0 Å². The van der Waals surface area contributed by atoms with Crippen molar-refractivity contribution in [2.45, 2.75) is 31.8 Å². The Labute approximate surface area is 98.3 Å². The van der Waals surface area contributed by atoms with E-state index in [1.165, 1.54) is 29.1 Å². The number of rotatable bonds is 5. The van der Waals surface area contributed by atoms with E-state index in [1.807, 2.05) is 6.20 Å². The van der Waals surface area contributed by atoms with E-state index in [4.69, 9.17) is 16.9 Å². The standard InChI is InChI=1S/C10H12ClN3S/c11-10-13-6-9(15-10)7-14(5-1-4-12)8-2-3-8/h6,8H,1-3,5,7H2. The van der Waals surface area contributed by atoms with Gasteiger partial charge in [-0.3, -0.25) is 4.90 Å². The summed E-state index contributed by atoms with van der Waals surface area (Å²) >= 11 is 7.30. The van der Waals surface area contributed by atoms with Crippen molar-refractivity contribution in [3.05, 3.63) is 15.5 Å². The highest BCUT2D eigenvalue weighted by Crippen LogP contribution is 2.29. The lowest BCUT2D eigenvalue weighted by molar-refractivity contribution is 0.263. The predicted octanol–water partition coefficient (Wildman–Crippen LogP) is 2.67. The fourth-order valence-electron chi connectivity index (χ4n) is 1.58. The summed E-state index contributed by atoms with van der Waals surface area (Å²) < 4.78 is 0.598. The zero-order valence-corrected chi connectivity index (χ0v) is 9.89. The smallest absolute Gasteiger partial charge is 0.183 e. The van der Waals surface area contributed by atoms with Crippen molar-refractivity contribution < 1.29 is 0 Å². The largest absolute Gasteiger partial charge is 0.294 e. The van der Waals surface area contributed by atoms with Crippen molar-refractivity contribution in [3.8, 4) is 6.07 Å². The molecule has 1 aliphatic carbocycles. The molecule has 3 nitrogen and oxygen atoms in total. The Bertz CT molecular complexity index is 367. The molecule has 0 aliphatic heterocycles. The molecule has 80 valence electrons. The molecule has 0 amide bonds. The van der Waals surface area contributed by atoms with Crippen LogP contribution in [0.1, 0.15) is 24.1 Å². The van der Waals surface area contributed by atoms with Crippen molar-refractivity contribution in [3.63, 3.8) is 0 Å². The Morgan fingerprint density at radius 3 is 3.00 bits per heavy atom. The number of nitrogens with zero attached hydrogens (tertiary/aromatic N) is 3. The van der Waals surface area contributed by atoms with Crippen LogP contribution in [-0.2, 0) is 6.54 Å². The maximum absolute atomic E-state index is 8.58. The molecule has 1 heterocycles. The summed E-state index contributed by atoms with van der Waals surface area (Å²) in [5.74, 6) is 0. The van der Waals surface area contributed by atoms with Gasteiger partial charge in [-0.15, -0.1) is 11.3 Å². The Kier molecular flexibility index (Phi) is 3.57. The highest BCUT2D eigenvalue weighted by Gasteiger charge is 2.28. The van der Waals surface area contributed by atoms with Gasteiger partial charge in [0.1, 0.15) is 0 Å². The molecular weight excluding hydrogens is 230 g/mol. The Morgan fingerprint density at radius 1 is 1.67 bits per heavy atom. The number of thiazole rings is 1. The van der Waals surface area contributed by atoms with E-state index in [0.29, 0.717) is 16.9 Å². The second kappa shape index (κ2) is 4.93. The summed E-state index contributed by atoms with van der Waals surface area (Å²) in [4.78, 5) is 7.56. The molecule has 0 radical (unpaired) electrons. The van der Waals surface area contributed by atoms with Crippen molar-refractivity contribution >= 4 is 22.9 Å². The van der Waals surface area contributed by atoms with E-state index in [0.717, 1.165) is 13.1 Å². The lowest BCUT2D eigenvalue weighted by atomic mass is 10.3. The van der Waals surface area contributed by atoms with Crippen LogP contribution in [0.25, 0.3) is 0 Å². The second-order valence-electron chi connectivity index (χ2n) is 3.69. The molecule has 0 saturated heterocycles. The van der Waals surface area contributed by atoms with Crippen LogP contribution in [0.5, 0.6) is 0 Å². The molecule has 1 fully saturated rings. The summed E-state index contributed by atoms with van der Waals surface area (Å²) in [7, 11) is 0. The first-order valence-corrected chi connectivity index (χ1v) is 6.20. The highest BCUT2D eigenvalue weighted by molar-refractivity contribution is 7.15. The van der Waals surface area contributed by atoms with E-state index >= 15 is 0 Å². The van der Waals surface area contributed by atoms with Crippen molar-refractivity contribution in [1.82, 2.24) is 9.88 Å². The van der Waals surface area contributed by atoms with E-state index in [9.17, 15) is 0 Å². The molecule has 1 aliphatic rings. The first kappa shape index (κ1) is 10.9. The fourth-order valence-corrected chi connectivity index (χ4v) is 2.58. The number of nitriles is 1. The van der Waals surface area contributed by atoms with Gasteiger partial charge in [0.25, 0.3) is 0 Å². The molecule has 1 saturated carbocycles. The number of halogens is 1. The van der Waals surface area contributed by atoms with E-state index in [2.05, 4.69) is 16.0 Å². The van der Waals surface area contributed by atoms with E-state index < -0.39 is 0 Å². The highest BCUT2D eigenvalue weighted by atomic mass is 35.5. The number of hydrogen-bond donors (Lipinski definition) is 0. The second-order valence-corrected chi connectivity index (χ2v) is 5.39. The van der Waals surface area contributed by atoms with Crippen LogP contribution in [-0.4, -0.2) is 22.5 Å². The van der Waals surface area contributed by atoms with Crippen LogP contribution in [0.3, 0.4) is 0 Å². The first-order chi connectivity index (χ1) is 7.29. The van der Waals surface area contributed by atoms with Gasteiger partial charge in [0.05, 0.1) is 6.07 Å². The maximum atomic E-state index is 8.58. The summed E-state index contributed by atoms with van der Waals surface area (Å²) in [6.07, 6.45) is 4.95. The average Bonchev–Trinajstić information content (AvgIpc) is 2.98. The first-order valence-electron chi connectivity index (χ1n) is 5.01. The molecule has 15 heavy (non-hydrogen) atoms. The number of hydrogen-bond acceptors (Lipinski definition) is 4. The van der Waals surface area contributed by atoms with Crippen LogP contribution in [0.15, 0.2) is 6.20 Å². The van der Waals surface area contributed by atoms with Gasteiger partial charge in [0.2, 0.25) is 0 Å². The molecule has 1 aromatic rings. The SMILES string of the molecule is N#CCCN(Cc1cnc(Cl)s1)C1CC1. The molecule has 0 aromatic carbocycles. The molecule has 1 aromatic heterocycles. The van der Waals surface area contributed by atoms with Gasteiger partial charge in [-0.25, -0.2) is 4.98 Å². The van der Waals surface area contributed by atoms with Crippen molar-refractivity contribution in [2.75, 3.05) is 6.54 Å². The van der Waals surface area contributed by atoms with Crippen LogP contribution < -0.4 is 0 Å². The minimum absolute atomic E-state index is 0.598. The number of aromatic nitrogens is 1. The maximum Gasteiger partial charge on any atom is 0.183 e. The Balaban J connectivity index is 1.91. The minimum atomic E-state index is 0.598. The normalized spacial score (nSPS) is 15.5. The lowest BCUT2D eigenvalue weighted by Gasteiger charge is -2.19. The van der Waals surface area contributed by atoms with Crippen molar-refractivity contribution in [2.24, 2.45) is 0 Å². The molecule has 5 heteroatoms. The van der Waals surface area contributed by atoms with Crippen LogP contribution >= 0.6 is 22.9 Å². The molecule has 0 unspecified atom stereocenters. The Morgan fingerprint density at radius 2 is 2.47 bits per heavy atom. The third-order valence-electron chi connectivity index (χ3n) is 2.46. The zero-order valence-electron chi connectivity index (χ0n) is 8.32. The monoisotopic (exact) mass is 241 g/mol. The molecule has 2 rings (SSSR count). The fraction of sp³-hybridized carbons (Fsp3) is 0.600. The van der Waals surface area contributed by atoms with E-state index in [-0.39, 0.29) is 0 Å². The van der Waals surface area contributed by atoms with Gasteiger partial charge in [-0.05, 0) is 12.8 Å². The quantitative estimate of drug-likeness (QED) is 0.796. The van der Waals surface area contributed by atoms with Crippen molar-refractivity contribution in [1.29, 1.82) is 5.26 Å². The van der Waals surface area contributed by atoms with E-state index in [1.54, 1.807) is 0 Å². The Hall–Kier alpha value is -0.630. The molecule has 0 N–H and O–H groups in total. The molecule has 0 bridgehead atoms. The van der Waals surface area contributed by atoms with Gasteiger partial charge in [0.15, 0.2) is 4.47 Å². The third kappa shape index (κ3) is 3.16. The van der Waals surface area contributed by atoms with Crippen LogP contribution in [0, 0.1) is 11.3 Å².